The molecular formula is C22H37NO3. The minimum atomic E-state index is -0.432. The summed E-state index contributed by atoms with van der Waals surface area (Å²) in [6.45, 7) is 15.4. The second kappa shape index (κ2) is 9.72. The highest BCUT2D eigenvalue weighted by Gasteiger charge is 2.23. The number of likely N-dealkylation sites (tertiary alicyclic amines) is 1. The van der Waals surface area contributed by atoms with E-state index in [2.05, 4.69) is 51.7 Å². The Morgan fingerprint density at radius 1 is 1.08 bits per heavy atom. The van der Waals surface area contributed by atoms with Gasteiger partial charge in [0.2, 0.25) is 0 Å². The third-order valence-corrected chi connectivity index (χ3v) is 4.94. The van der Waals surface area contributed by atoms with Crippen LogP contribution < -0.4 is 4.74 Å². The summed E-state index contributed by atoms with van der Waals surface area (Å²) in [5.74, 6) is 2.29. The maximum absolute atomic E-state index is 10.2. The molecular weight excluding hydrogens is 326 g/mol. The van der Waals surface area contributed by atoms with Gasteiger partial charge in [0.1, 0.15) is 12.4 Å². The Morgan fingerprint density at radius 3 is 2.27 bits per heavy atom. The molecule has 26 heavy (non-hydrogen) atoms. The lowest BCUT2D eigenvalue weighted by Crippen LogP contribution is -2.43. The number of hydrogen-bond donors (Lipinski definition) is 1. The van der Waals surface area contributed by atoms with Crippen LogP contribution in [0.25, 0.3) is 0 Å². The van der Waals surface area contributed by atoms with Gasteiger partial charge in [0.05, 0.1) is 19.3 Å². The lowest BCUT2D eigenvalue weighted by molar-refractivity contribution is -0.00211. The molecule has 1 N–H and O–H groups in total. The molecule has 0 saturated carbocycles. The van der Waals surface area contributed by atoms with Crippen molar-refractivity contribution in [3.63, 3.8) is 0 Å². The molecule has 1 aliphatic heterocycles. The van der Waals surface area contributed by atoms with Crippen molar-refractivity contribution in [2.45, 2.75) is 52.6 Å². The monoisotopic (exact) mass is 363 g/mol. The molecule has 4 nitrogen and oxygen atoms in total. The fourth-order valence-corrected chi connectivity index (χ4v) is 3.78. The second-order valence-corrected chi connectivity index (χ2v) is 9.02. The van der Waals surface area contributed by atoms with Gasteiger partial charge in [-0.1, -0.05) is 46.8 Å². The highest BCUT2D eigenvalue weighted by molar-refractivity contribution is 5.31. The van der Waals surface area contributed by atoms with Crippen LogP contribution >= 0.6 is 0 Å². The van der Waals surface area contributed by atoms with Gasteiger partial charge < -0.3 is 19.5 Å². The number of nitrogens with zero attached hydrogens (tertiary/aromatic N) is 1. The SMILES string of the molecule is CC1CC(C)CN(CC(O)COCCOc2ccc(C(C)(C)C)cc2)C1. The first-order valence-electron chi connectivity index (χ1n) is 9.95. The van der Waals surface area contributed by atoms with E-state index in [4.69, 9.17) is 9.47 Å². The number of hydrogen-bond acceptors (Lipinski definition) is 4. The lowest BCUT2D eigenvalue weighted by atomic mass is 9.87. The summed E-state index contributed by atoms with van der Waals surface area (Å²) in [5, 5.41) is 10.2. The van der Waals surface area contributed by atoms with Gasteiger partial charge in [0.25, 0.3) is 0 Å². The van der Waals surface area contributed by atoms with Crippen LogP contribution in [0.2, 0.25) is 0 Å². The number of aliphatic hydroxyl groups is 1. The van der Waals surface area contributed by atoms with E-state index in [-0.39, 0.29) is 5.41 Å². The maximum atomic E-state index is 10.2. The van der Waals surface area contributed by atoms with E-state index < -0.39 is 6.10 Å². The average molecular weight is 364 g/mol. The predicted octanol–water partition coefficient (Wildman–Crippen LogP) is 3.72. The quantitative estimate of drug-likeness (QED) is 0.715. The van der Waals surface area contributed by atoms with E-state index in [1.165, 1.54) is 12.0 Å². The number of rotatable bonds is 8. The minimum Gasteiger partial charge on any atom is -0.491 e. The van der Waals surface area contributed by atoms with Gasteiger partial charge in [0, 0.05) is 19.6 Å². The molecule has 1 heterocycles. The van der Waals surface area contributed by atoms with Gasteiger partial charge >= 0.3 is 0 Å². The summed E-state index contributed by atoms with van der Waals surface area (Å²) < 4.78 is 11.3. The third kappa shape index (κ3) is 7.26. The molecule has 1 aliphatic rings. The normalized spacial score (nSPS) is 23.0. The van der Waals surface area contributed by atoms with Crippen molar-refractivity contribution in [1.29, 1.82) is 0 Å². The summed E-state index contributed by atoms with van der Waals surface area (Å²) >= 11 is 0. The summed E-state index contributed by atoms with van der Waals surface area (Å²) in [7, 11) is 0. The van der Waals surface area contributed by atoms with Crippen LogP contribution in [0.4, 0.5) is 0 Å². The topological polar surface area (TPSA) is 41.9 Å². The number of benzene rings is 1. The molecule has 2 rings (SSSR count). The fourth-order valence-electron chi connectivity index (χ4n) is 3.78. The highest BCUT2D eigenvalue weighted by Crippen LogP contribution is 2.24. The van der Waals surface area contributed by atoms with Crippen LogP contribution in [0.3, 0.4) is 0 Å². The Morgan fingerprint density at radius 2 is 1.69 bits per heavy atom. The van der Waals surface area contributed by atoms with Crippen molar-refractivity contribution >= 4 is 0 Å². The molecule has 148 valence electrons. The van der Waals surface area contributed by atoms with Gasteiger partial charge in [-0.15, -0.1) is 0 Å². The van der Waals surface area contributed by atoms with E-state index in [1.807, 2.05) is 12.1 Å². The van der Waals surface area contributed by atoms with Gasteiger partial charge in [-0.25, -0.2) is 0 Å². The molecule has 0 aliphatic carbocycles. The summed E-state index contributed by atoms with van der Waals surface area (Å²) in [4.78, 5) is 2.36. The van der Waals surface area contributed by atoms with Crippen LogP contribution in [-0.2, 0) is 10.2 Å². The first kappa shape index (κ1) is 21.2. The first-order valence-corrected chi connectivity index (χ1v) is 9.95. The summed E-state index contributed by atoms with van der Waals surface area (Å²) in [5.41, 5.74) is 1.45. The Labute approximate surface area is 159 Å². The molecule has 1 aromatic rings. The van der Waals surface area contributed by atoms with Crippen molar-refractivity contribution in [1.82, 2.24) is 4.90 Å². The molecule has 1 fully saturated rings. The molecule has 0 spiro atoms. The van der Waals surface area contributed by atoms with Crippen LogP contribution in [0, 0.1) is 11.8 Å². The standard InChI is InChI=1S/C22H37NO3/c1-17-12-18(2)14-23(13-17)15-20(24)16-25-10-11-26-21-8-6-19(7-9-21)22(3,4)5/h6-9,17-18,20,24H,10-16H2,1-5H3. The Balaban J connectivity index is 1.60. The maximum Gasteiger partial charge on any atom is 0.119 e. The minimum absolute atomic E-state index is 0.154. The number of β-amino-alcohol motifs (C(OH)–C–C–N with tert-alkyl or cyclic N) is 1. The largest absolute Gasteiger partial charge is 0.491 e. The Kier molecular flexibility index (Phi) is 7.93. The molecule has 3 unspecified atom stereocenters. The van der Waals surface area contributed by atoms with Crippen LogP contribution in [-0.4, -0.2) is 55.6 Å². The molecule has 0 aromatic heterocycles. The van der Waals surface area contributed by atoms with Gasteiger partial charge in [-0.3, -0.25) is 0 Å². The number of aliphatic hydroxyl groups excluding tert-OH is 1. The molecule has 1 aromatic carbocycles. The molecule has 4 heteroatoms. The zero-order chi connectivity index (χ0) is 19.2. The van der Waals surface area contributed by atoms with Crippen molar-refractivity contribution in [2.24, 2.45) is 11.8 Å². The van der Waals surface area contributed by atoms with Gasteiger partial charge in [-0.05, 0) is 41.4 Å². The Hall–Kier alpha value is -1.10. The number of piperidine rings is 1. The number of ether oxygens (including phenoxy) is 2. The molecule has 0 bridgehead atoms. The molecule has 1 saturated heterocycles. The van der Waals surface area contributed by atoms with Gasteiger partial charge in [-0.2, -0.15) is 0 Å². The van der Waals surface area contributed by atoms with Crippen molar-refractivity contribution in [3.8, 4) is 5.75 Å². The van der Waals surface area contributed by atoms with Crippen LogP contribution in [0.5, 0.6) is 5.75 Å². The summed E-state index contributed by atoms with van der Waals surface area (Å²) in [6, 6.07) is 8.24. The van der Waals surface area contributed by atoms with Crippen molar-refractivity contribution in [3.05, 3.63) is 29.8 Å². The van der Waals surface area contributed by atoms with E-state index in [0.717, 1.165) is 18.8 Å². The smallest absolute Gasteiger partial charge is 0.119 e. The molecule has 3 atom stereocenters. The predicted molar refractivity (Wildman–Crippen MR) is 107 cm³/mol. The van der Waals surface area contributed by atoms with Crippen LogP contribution in [0.15, 0.2) is 24.3 Å². The zero-order valence-corrected chi connectivity index (χ0v) is 17.2. The van der Waals surface area contributed by atoms with E-state index in [1.54, 1.807) is 0 Å². The van der Waals surface area contributed by atoms with Crippen molar-refractivity contribution < 1.29 is 14.6 Å². The molecule has 0 radical (unpaired) electrons. The third-order valence-electron chi connectivity index (χ3n) is 4.94. The fraction of sp³-hybridized carbons (Fsp3) is 0.727. The first-order chi connectivity index (χ1) is 12.2. The highest BCUT2D eigenvalue weighted by atomic mass is 16.5. The zero-order valence-electron chi connectivity index (χ0n) is 17.2. The van der Waals surface area contributed by atoms with E-state index >= 15 is 0 Å². The van der Waals surface area contributed by atoms with Gasteiger partial charge in [0.15, 0.2) is 0 Å². The molecule has 0 amide bonds. The van der Waals surface area contributed by atoms with Crippen LogP contribution in [0.1, 0.15) is 46.6 Å². The van der Waals surface area contributed by atoms with Crippen molar-refractivity contribution in [2.75, 3.05) is 39.5 Å². The average Bonchev–Trinajstić information content (AvgIpc) is 2.53. The Bertz CT molecular complexity index is 513. The second-order valence-electron chi connectivity index (χ2n) is 9.02. The van der Waals surface area contributed by atoms with E-state index in [9.17, 15) is 5.11 Å². The lowest BCUT2D eigenvalue weighted by Gasteiger charge is -2.35. The summed E-state index contributed by atoms with van der Waals surface area (Å²) in [6.07, 6.45) is 0.857. The van der Waals surface area contributed by atoms with E-state index in [0.29, 0.717) is 38.2 Å².